The van der Waals surface area contributed by atoms with E-state index in [1.165, 1.54) is 0 Å². The smallest absolute Gasteiger partial charge is 0.155 e. The largest absolute Gasteiger partial charge is 0.392 e. The van der Waals surface area contributed by atoms with Crippen molar-refractivity contribution in [3.63, 3.8) is 0 Å². The topological polar surface area (TPSA) is 61.3 Å². The molecule has 1 heterocycles. The van der Waals surface area contributed by atoms with Crippen molar-refractivity contribution in [2.45, 2.75) is 6.61 Å². The maximum atomic E-state index is 8.91. The third-order valence-electron chi connectivity index (χ3n) is 2.22. The van der Waals surface area contributed by atoms with Crippen molar-refractivity contribution in [3.05, 3.63) is 36.0 Å². The van der Waals surface area contributed by atoms with E-state index < -0.39 is 0 Å². The molecule has 0 fully saturated rings. The molecule has 0 unspecified atom stereocenters. The molecule has 4 heteroatoms. The van der Waals surface area contributed by atoms with Crippen LogP contribution in [0.1, 0.15) is 5.56 Å². The average Bonchev–Trinajstić information content (AvgIpc) is 2.77. The summed E-state index contributed by atoms with van der Waals surface area (Å²) >= 11 is 0. The quantitative estimate of drug-likeness (QED) is 0.745. The number of aliphatic hydroxyl groups excluding tert-OH is 1. The van der Waals surface area contributed by atoms with Crippen LogP contribution in [0.2, 0.25) is 0 Å². The fraction of sp³-hybridized carbons (Fsp3) is 0.0909. The van der Waals surface area contributed by atoms with E-state index in [0.717, 1.165) is 16.7 Å². The standard InChI is InChI=1S/C11H11N3O/c1-12-11-10(6-13-14-11)9-4-2-8(7-15)3-5-9/h2-6,15H,1,7H2,(H,13,14). The molecule has 2 rings (SSSR count). The second kappa shape index (κ2) is 4.06. The van der Waals surface area contributed by atoms with E-state index in [2.05, 4.69) is 21.9 Å². The predicted octanol–water partition coefficient (Wildman–Crippen LogP) is 1.90. The Bertz CT molecular complexity index is 459. The molecule has 2 aromatic rings. The van der Waals surface area contributed by atoms with Gasteiger partial charge in [-0.05, 0) is 17.8 Å². The minimum absolute atomic E-state index is 0.0538. The fourth-order valence-corrected chi connectivity index (χ4v) is 1.40. The number of hydrogen-bond donors (Lipinski definition) is 2. The minimum atomic E-state index is 0.0538. The number of benzene rings is 1. The molecule has 4 nitrogen and oxygen atoms in total. The second-order valence-electron chi connectivity index (χ2n) is 3.15. The molecule has 76 valence electrons. The molecule has 0 amide bonds. The van der Waals surface area contributed by atoms with Gasteiger partial charge in [0.25, 0.3) is 0 Å². The Morgan fingerprint density at radius 2 is 2.07 bits per heavy atom. The van der Waals surface area contributed by atoms with E-state index >= 15 is 0 Å². The first-order valence-corrected chi connectivity index (χ1v) is 4.55. The first-order valence-electron chi connectivity index (χ1n) is 4.55. The van der Waals surface area contributed by atoms with Crippen LogP contribution in [0.4, 0.5) is 5.82 Å². The highest BCUT2D eigenvalue weighted by molar-refractivity contribution is 5.73. The Morgan fingerprint density at radius 3 is 2.67 bits per heavy atom. The first-order chi connectivity index (χ1) is 7.35. The van der Waals surface area contributed by atoms with Crippen LogP contribution in [0.15, 0.2) is 35.5 Å². The lowest BCUT2D eigenvalue weighted by molar-refractivity contribution is 0.282. The van der Waals surface area contributed by atoms with Crippen LogP contribution in [-0.2, 0) is 6.61 Å². The summed E-state index contributed by atoms with van der Waals surface area (Å²) < 4.78 is 0. The molecule has 0 aliphatic carbocycles. The van der Waals surface area contributed by atoms with E-state index in [1.54, 1.807) is 6.20 Å². The highest BCUT2D eigenvalue weighted by atomic mass is 16.3. The molecule has 1 aromatic carbocycles. The third-order valence-corrected chi connectivity index (χ3v) is 2.22. The van der Waals surface area contributed by atoms with Gasteiger partial charge in [0.2, 0.25) is 0 Å². The van der Waals surface area contributed by atoms with Crippen LogP contribution in [0.3, 0.4) is 0 Å². The number of aromatic nitrogens is 2. The van der Waals surface area contributed by atoms with Crippen molar-refractivity contribution < 1.29 is 5.11 Å². The van der Waals surface area contributed by atoms with Gasteiger partial charge in [0.1, 0.15) is 0 Å². The summed E-state index contributed by atoms with van der Waals surface area (Å²) in [5, 5.41) is 15.6. The van der Waals surface area contributed by atoms with E-state index in [4.69, 9.17) is 5.11 Å². The first kappa shape index (κ1) is 9.61. The molecule has 0 spiro atoms. The van der Waals surface area contributed by atoms with Crippen LogP contribution < -0.4 is 0 Å². The lowest BCUT2D eigenvalue weighted by atomic mass is 10.1. The number of nitrogens with zero attached hydrogens (tertiary/aromatic N) is 2. The summed E-state index contributed by atoms with van der Waals surface area (Å²) in [5.41, 5.74) is 2.80. The average molecular weight is 201 g/mol. The summed E-state index contributed by atoms with van der Waals surface area (Å²) in [6, 6.07) is 7.58. The van der Waals surface area contributed by atoms with Gasteiger partial charge in [-0.15, -0.1) is 0 Å². The third kappa shape index (κ3) is 1.80. The van der Waals surface area contributed by atoms with Gasteiger partial charge >= 0.3 is 0 Å². The summed E-state index contributed by atoms with van der Waals surface area (Å²) in [7, 11) is 0. The maximum absolute atomic E-state index is 8.91. The van der Waals surface area contributed by atoms with Crippen LogP contribution in [0.25, 0.3) is 11.1 Å². The number of rotatable bonds is 3. The lowest BCUT2D eigenvalue weighted by Gasteiger charge is -2.00. The number of H-pyrrole nitrogens is 1. The Morgan fingerprint density at radius 1 is 1.33 bits per heavy atom. The van der Waals surface area contributed by atoms with Crippen molar-refractivity contribution in [2.75, 3.05) is 0 Å². The molecule has 0 aliphatic heterocycles. The molecule has 0 atom stereocenters. The zero-order valence-electron chi connectivity index (χ0n) is 8.14. The number of aliphatic imine (C=N–C) groups is 1. The summed E-state index contributed by atoms with van der Waals surface area (Å²) in [5.74, 6) is 0.659. The molecule has 0 aliphatic rings. The van der Waals surface area contributed by atoms with Gasteiger partial charge in [0.15, 0.2) is 5.82 Å². The minimum Gasteiger partial charge on any atom is -0.392 e. The zero-order valence-corrected chi connectivity index (χ0v) is 8.14. The molecule has 1 aromatic heterocycles. The second-order valence-corrected chi connectivity index (χ2v) is 3.15. The van der Waals surface area contributed by atoms with Gasteiger partial charge < -0.3 is 5.11 Å². The number of hydrogen-bond acceptors (Lipinski definition) is 3. The summed E-state index contributed by atoms with van der Waals surface area (Å²) in [6.45, 7) is 3.52. The molecule has 0 saturated carbocycles. The SMILES string of the molecule is C=Nc1[nH]ncc1-c1ccc(CO)cc1. The van der Waals surface area contributed by atoms with Crippen LogP contribution >= 0.6 is 0 Å². The van der Waals surface area contributed by atoms with E-state index in [1.807, 2.05) is 24.3 Å². The molecule has 0 saturated heterocycles. The van der Waals surface area contributed by atoms with Crippen molar-refractivity contribution in [1.82, 2.24) is 10.2 Å². The van der Waals surface area contributed by atoms with Gasteiger partial charge in [-0.3, -0.25) is 5.10 Å². The Kier molecular flexibility index (Phi) is 2.60. The van der Waals surface area contributed by atoms with Gasteiger partial charge in [-0.2, -0.15) is 5.10 Å². The maximum Gasteiger partial charge on any atom is 0.155 e. The van der Waals surface area contributed by atoms with E-state index in [0.29, 0.717) is 5.82 Å². The molecule has 15 heavy (non-hydrogen) atoms. The van der Waals surface area contributed by atoms with Crippen molar-refractivity contribution in [3.8, 4) is 11.1 Å². The van der Waals surface area contributed by atoms with Crippen LogP contribution in [0, 0.1) is 0 Å². The fourth-order valence-electron chi connectivity index (χ4n) is 1.40. The molecular weight excluding hydrogens is 190 g/mol. The zero-order chi connectivity index (χ0) is 10.7. The van der Waals surface area contributed by atoms with E-state index in [-0.39, 0.29) is 6.61 Å². The van der Waals surface area contributed by atoms with Crippen molar-refractivity contribution in [1.29, 1.82) is 0 Å². The van der Waals surface area contributed by atoms with Crippen molar-refractivity contribution >= 4 is 12.5 Å². The predicted molar refractivity (Wildman–Crippen MR) is 59.2 cm³/mol. The monoisotopic (exact) mass is 201 g/mol. The Hall–Kier alpha value is -1.94. The van der Waals surface area contributed by atoms with Gasteiger partial charge in [0, 0.05) is 5.56 Å². The Balaban J connectivity index is 2.41. The molecule has 0 radical (unpaired) electrons. The van der Waals surface area contributed by atoms with Crippen molar-refractivity contribution in [2.24, 2.45) is 4.99 Å². The van der Waals surface area contributed by atoms with E-state index in [9.17, 15) is 0 Å². The molecule has 2 N–H and O–H groups in total. The molecular formula is C11H11N3O. The number of aliphatic hydroxyl groups is 1. The number of nitrogens with one attached hydrogen (secondary N) is 1. The Labute approximate surface area is 87.3 Å². The van der Waals surface area contributed by atoms with Crippen LogP contribution in [0.5, 0.6) is 0 Å². The lowest BCUT2D eigenvalue weighted by Crippen LogP contribution is -1.82. The number of aromatic amines is 1. The van der Waals surface area contributed by atoms with Gasteiger partial charge in [-0.25, -0.2) is 4.99 Å². The summed E-state index contributed by atoms with van der Waals surface area (Å²) in [6.07, 6.45) is 1.71. The summed E-state index contributed by atoms with van der Waals surface area (Å²) in [4.78, 5) is 3.83. The van der Waals surface area contributed by atoms with Gasteiger partial charge in [0.05, 0.1) is 12.8 Å². The highest BCUT2D eigenvalue weighted by Crippen LogP contribution is 2.27. The normalized spacial score (nSPS) is 10.2. The molecule has 0 bridgehead atoms. The highest BCUT2D eigenvalue weighted by Gasteiger charge is 2.05. The van der Waals surface area contributed by atoms with Gasteiger partial charge in [-0.1, -0.05) is 24.3 Å². The van der Waals surface area contributed by atoms with Crippen LogP contribution in [-0.4, -0.2) is 22.0 Å².